The average molecular weight is 459 g/mol. The molecule has 0 saturated heterocycles. The van der Waals surface area contributed by atoms with Crippen molar-refractivity contribution >= 4 is 34.3 Å². The van der Waals surface area contributed by atoms with Gasteiger partial charge in [-0.25, -0.2) is 19.7 Å². The van der Waals surface area contributed by atoms with Crippen molar-refractivity contribution in [2.75, 3.05) is 30.3 Å². The lowest BCUT2D eigenvalue weighted by atomic mass is 10.1. The molecule has 4 rings (SSSR count). The number of hydrogen-bond acceptors (Lipinski definition) is 10. The second-order valence-corrected chi connectivity index (χ2v) is 7.11. The molecule has 0 aliphatic carbocycles. The lowest BCUT2D eigenvalue weighted by molar-refractivity contribution is -0.385. The van der Waals surface area contributed by atoms with Gasteiger partial charge in [0.1, 0.15) is 17.6 Å². The number of benzene rings is 1. The second kappa shape index (κ2) is 10.3. The first-order valence-electron chi connectivity index (χ1n) is 10.5. The minimum atomic E-state index is -0.511. The molecule has 172 valence electrons. The Hall–Kier alpha value is -4.67. The van der Waals surface area contributed by atoms with Gasteiger partial charge < -0.3 is 15.4 Å². The molecule has 11 heteroatoms. The van der Waals surface area contributed by atoms with Crippen LogP contribution in [0.3, 0.4) is 0 Å². The number of anilines is 2. The molecule has 0 fully saturated rings. The number of carbonyl (C=O) groups excluding carboxylic acids is 1. The maximum Gasteiger partial charge on any atom is 0.341 e. The number of esters is 1. The lowest BCUT2D eigenvalue weighted by Gasteiger charge is -2.12. The molecule has 0 unspecified atom stereocenters. The molecule has 0 radical (unpaired) electrons. The Kier molecular flexibility index (Phi) is 6.82. The Bertz CT molecular complexity index is 1330. The highest BCUT2D eigenvalue weighted by atomic mass is 16.6. The average Bonchev–Trinajstić information content (AvgIpc) is 2.86. The Balaban J connectivity index is 1.50. The molecule has 0 saturated carbocycles. The maximum atomic E-state index is 12.5. The van der Waals surface area contributed by atoms with E-state index in [1.54, 1.807) is 13.1 Å². The van der Waals surface area contributed by atoms with E-state index in [0.29, 0.717) is 36.1 Å². The van der Waals surface area contributed by atoms with Gasteiger partial charge in [-0.15, -0.1) is 0 Å². The van der Waals surface area contributed by atoms with Crippen LogP contribution in [0.2, 0.25) is 0 Å². The zero-order valence-corrected chi connectivity index (χ0v) is 18.3. The number of ether oxygens (including phenoxy) is 1. The molecular weight excluding hydrogens is 438 g/mol. The molecule has 0 aliphatic heterocycles. The smallest absolute Gasteiger partial charge is 0.341 e. The van der Waals surface area contributed by atoms with E-state index in [2.05, 4.69) is 30.6 Å². The highest BCUT2D eigenvalue weighted by molar-refractivity contribution is 5.97. The number of carbonyl (C=O) groups is 1. The van der Waals surface area contributed by atoms with Gasteiger partial charge in [-0.05, 0) is 25.1 Å². The fraction of sp³-hybridized carbons (Fsp3) is 0.174. The molecule has 0 atom stereocenters. The van der Waals surface area contributed by atoms with Gasteiger partial charge in [-0.1, -0.05) is 18.2 Å². The van der Waals surface area contributed by atoms with Crippen molar-refractivity contribution in [3.63, 3.8) is 0 Å². The summed E-state index contributed by atoms with van der Waals surface area (Å²) in [7, 11) is 0. The van der Waals surface area contributed by atoms with E-state index in [1.807, 2.05) is 30.3 Å². The molecular formula is C23H21N7O4. The summed E-state index contributed by atoms with van der Waals surface area (Å²) in [5.41, 5.74) is 2.09. The predicted octanol–water partition coefficient (Wildman–Crippen LogP) is 3.70. The van der Waals surface area contributed by atoms with Gasteiger partial charge in [0.25, 0.3) is 5.69 Å². The molecule has 0 aliphatic rings. The third-order valence-corrected chi connectivity index (χ3v) is 4.82. The van der Waals surface area contributed by atoms with Gasteiger partial charge >= 0.3 is 5.97 Å². The van der Waals surface area contributed by atoms with Crippen LogP contribution in [0.5, 0.6) is 0 Å². The van der Waals surface area contributed by atoms with Gasteiger partial charge in [0.15, 0.2) is 0 Å². The molecule has 3 heterocycles. The summed E-state index contributed by atoms with van der Waals surface area (Å²) in [6.45, 7) is 2.86. The molecule has 3 aromatic heterocycles. The SMILES string of the molecule is CCOC(=O)c1cnc(NCCNc2ccc([N+](=O)[O-])cn2)nc1-c1cnc2ccccc2c1. The number of nitrogens with one attached hydrogen (secondary N) is 2. The number of rotatable bonds is 9. The first-order valence-corrected chi connectivity index (χ1v) is 10.5. The predicted molar refractivity (Wildman–Crippen MR) is 127 cm³/mol. The number of fused-ring (bicyclic) bond motifs is 1. The van der Waals surface area contributed by atoms with E-state index in [9.17, 15) is 14.9 Å². The summed E-state index contributed by atoms with van der Waals surface area (Å²) < 4.78 is 5.17. The maximum absolute atomic E-state index is 12.5. The third kappa shape index (κ3) is 5.21. The standard InChI is InChI=1S/C23H21N7O4/c1-2-34-22(31)18-14-28-23(25-10-9-24-20-8-7-17(13-27-20)30(32)33)29-21(18)16-11-15-5-3-4-6-19(15)26-12-16/h3-8,11-14H,2,9-10H2,1H3,(H,24,27)(H,25,28,29). The summed E-state index contributed by atoms with van der Waals surface area (Å²) in [5, 5.41) is 17.8. The van der Waals surface area contributed by atoms with Crippen LogP contribution in [-0.2, 0) is 4.74 Å². The van der Waals surface area contributed by atoms with Crippen molar-refractivity contribution in [3.8, 4) is 11.3 Å². The number of nitro groups is 1. The normalized spacial score (nSPS) is 10.6. The highest BCUT2D eigenvalue weighted by Crippen LogP contribution is 2.25. The quantitative estimate of drug-likeness (QED) is 0.164. The van der Waals surface area contributed by atoms with Crippen molar-refractivity contribution in [1.29, 1.82) is 0 Å². The summed E-state index contributed by atoms with van der Waals surface area (Å²) in [4.78, 5) is 40.0. The van der Waals surface area contributed by atoms with E-state index >= 15 is 0 Å². The van der Waals surface area contributed by atoms with Gasteiger partial charge in [-0.2, -0.15) is 0 Å². The Morgan fingerprint density at radius 1 is 1.03 bits per heavy atom. The molecule has 0 spiro atoms. The van der Waals surface area contributed by atoms with Crippen LogP contribution in [0.4, 0.5) is 17.5 Å². The van der Waals surface area contributed by atoms with Crippen molar-refractivity contribution < 1.29 is 14.5 Å². The highest BCUT2D eigenvalue weighted by Gasteiger charge is 2.18. The fourth-order valence-electron chi connectivity index (χ4n) is 3.21. The van der Waals surface area contributed by atoms with Crippen LogP contribution in [-0.4, -0.2) is 50.5 Å². The topological polar surface area (TPSA) is 145 Å². The Morgan fingerprint density at radius 3 is 2.62 bits per heavy atom. The van der Waals surface area contributed by atoms with Crippen LogP contribution in [0, 0.1) is 10.1 Å². The molecule has 34 heavy (non-hydrogen) atoms. The molecule has 4 aromatic rings. The van der Waals surface area contributed by atoms with Crippen molar-refractivity contribution in [2.24, 2.45) is 0 Å². The fourth-order valence-corrected chi connectivity index (χ4v) is 3.21. The Morgan fingerprint density at radius 2 is 1.85 bits per heavy atom. The summed E-state index contributed by atoms with van der Waals surface area (Å²) in [6, 6.07) is 12.5. The summed E-state index contributed by atoms with van der Waals surface area (Å²) >= 11 is 0. The number of aromatic nitrogens is 4. The zero-order valence-electron chi connectivity index (χ0n) is 18.3. The van der Waals surface area contributed by atoms with Crippen LogP contribution in [0.15, 0.2) is 61.1 Å². The van der Waals surface area contributed by atoms with E-state index in [0.717, 1.165) is 10.9 Å². The molecule has 2 N–H and O–H groups in total. The molecule has 1 aromatic carbocycles. The largest absolute Gasteiger partial charge is 0.462 e. The van der Waals surface area contributed by atoms with E-state index in [4.69, 9.17) is 4.74 Å². The van der Waals surface area contributed by atoms with Gasteiger partial charge in [0.2, 0.25) is 5.95 Å². The van der Waals surface area contributed by atoms with Gasteiger partial charge in [0, 0.05) is 42.5 Å². The van der Waals surface area contributed by atoms with Crippen LogP contribution < -0.4 is 10.6 Å². The molecule has 0 bridgehead atoms. The monoisotopic (exact) mass is 459 g/mol. The van der Waals surface area contributed by atoms with Gasteiger partial charge in [0.05, 0.1) is 22.7 Å². The summed E-state index contributed by atoms with van der Waals surface area (Å²) in [5.74, 6) is 0.326. The first kappa shape index (κ1) is 22.5. The van der Waals surface area contributed by atoms with Crippen LogP contribution in [0.25, 0.3) is 22.2 Å². The van der Waals surface area contributed by atoms with E-state index in [-0.39, 0.29) is 17.9 Å². The minimum absolute atomic E-state index is 0.0746. The zero-order chi connectivity index (χ0) is 23.9. The number of nitrogens with zero attached hydrogens (tertiary/aromatic N) is 5. The Labute approximate surface area is 194 Å². The minimum Gasteiger partial charge on any atom is -0.462 e. The first-order chi connectivity index (χ1) is 16.5. The van der Waals surface area contributed by atoms with E-state index < -0.39 is 10.9 Å². The van der Waals surface area contributed by atoms with Crippen LogP contribution in [0.1, 0.15) is 17.3 Å². The molecule has 11 nitrogen and oxygen atoms in total. The number of hydrogen-bond donors (Lipinski definition) is 2. The van der Waals surface area contributed by atoms with Crippen LogP contribution >= 0.6 is 0 Å². The lowest BCUT2D eigenvalue weighted by Crippen LogP contribution is -2.17. The molecule has 0 amide bonds. The van der Waals surface area contributed by atoms with Crippen molar-refractivity contribution in [3.05, 3.63) is 76.7 Å². The number of para-hydroxylation sites is 1. The van der Waals surface area contributed by atoms with Gasteiger partial charge in [-0.3, -0.25) is 15.1 Å². The second-order valence-electron chi connectivity index (χ2n) is 7.11. The van der Waals surface area contributed by atoms with E-state index in [1.165, 1.54) is 24.5 Å². The van der Waals surface area contributed by atoms with Crippen molar-refractivity contribution in [2.45, 2.75) is 6.92 Å². The summed E-state index contributed by atoms with van der Waals surface area (Å²) in [6.07, 6.45) is 4.29. The van der Waals surface area contributed by atoms with Crippen molar-refractivity contribution in [1.82, 2.24) is 19.9 Å². The number of pyridine rings is 2. The third-order valence-electron chi connectivity index (χ3n) is 4.82.